The van der Waals surface area contributed by atoms with Gasteiger partial charge in [0, 0.05) is 5.69 Å². The van der Waals surface area contributed by atoms with Crippen molar-refractivity contribution >= 4 is 24.0 Å². The van der Waals surface area contributed by atoms with E-state index >= 15 is 0 Å². The second-order valence-corrected chi connectivity index (χ2v) is 5.35. The van der Waals surface area contributed by atoms with Crippen molar-refractivity contribution in [2.24, 2.45) is 5.10 Å². The normalized spacial score (nSPS) is 10.7. The molecule has 0 saturated carbocycles. The molecule has 0 aliphatic carbocycles. The molecule has 26 heavy (non-hydrogen) atoms. The number of aromatic nitrogens is 1. The lowest BCUT2D eigenvalue weighted by Gasteiger charge is -2.02. The highest BCUT2D eigenvalue weighted by molar-refractivity contribution is 6.35. The first-order valence-electron chi connectivity index (χ1n) is 7.94. The number of hydrazone groups is 1. The first kappa shape index (κ1) is 19.0. The van der Waals surface area contributed by atoms with Crippen LogP contribution in [0.3, 0.4) is 0 Å². The minimum absolute atomic E-state index is 0.0980. The average molecular weight is 360 g/mol. The molecule has 2 rings (SSSR count). The Morgan fingerprint density at radius 1 is 1.31 bits per heavy atom. The van der Waals surface area contributed by atoms with Crippen LogP contribution in [0.2, 0.25) is 0 Å². The van der Waals surface area contributed by atoms with Gasteiger partial charge in [-0.25, -0.2) is 10.2 Å². The molecule has 9 nitrogen and oxygen atoms in total. The van der Waals surface area contributed by atoms with E-state index in [2.05, 4.69) is 20.8 Å². The predicted molar refractivity (Wildman–Crippen MR) is 92.5 cm³/mol. The minimum atomic E-state index is -0.917. The Bertz CT molecular complexity index is 821. The molecule has 2 amide bonds. The summed E-state index contributed by atoms with van der Waals surface area (Å²) in [4.78, 5) is 38.3. The number of hydrogen-bond acceptors (Lipinski definition) is 6. The number of carbonyl (C=O) groups is 3. The smallest absolute Gasteiger partial charge is 0.340 e. The SMILES string of the molecule is CCOC(=O)c1c(C)[nH]c(/C=N/NC(=O)C(=O)NCc2ccco2)c1C. The van der Waals surface area contributed by atoms with Crippen LogP contribution in [-0.4, -0.2) is 35.6 Å². The van der Waals surface area contributed by atoms with Crippen molar-refractivity contribution in [3.8, 4) is 0 Å². The monoisotopic (exact) mass is 360 g/mol. The summed E-state index contributed by atoms with van der Waals surface area (Å²) in [5.74, 6) is -1.66. The number of amides is 2. The number of hydrogen-bond donors (Lipinski definition) is 3. The molecule has 0 spiro atoms. The predicted octanol–water partition coefficient (Wildman–Crippen LogP) is 1.17. The Morgan fingerprint density at radius 3 is 2.73 bits per heavy atom. The fourth-order valence-corrected chi connectivity index (χ4v) is 2.28. The van der Waals surface area contributed by atoms with E-state index < -0.39 is 17.8 Å². The van der Waals surface area contributed by atoms with Crippen LogP contribution in [0, 0.1) is 13.8 Å². The zero-order valence-electron chi connectivity index (χ0n) is 14.7. The van der Waals surface area contributed by atoms with Gasteiger partial charge in [-0.05, 0) is 38.5 Å². The Labute approximate surface area is 149 Å². The quantitative estimate of drug-likeness (QED) is 0.308. The summed E-state index contributed by atoms with van der Waals surface area (Å²) in [6.45, 7) is 5.56. The number of nitrogens with zero attached hydrogens (tertiary/aromatic N) is 1. The van der Waals surface area contributed by atoms with Gasteiger partial charge in [0.2, 0.25) is 0 Å². The van der Waals surface area contributed by atoms with Crippen LogP contribution in [0.15, 0.2) is 27.9 Å². The van der Waals surface area contributed by atoms with E-state index in [0.29, 0.717) is 28.3 Å². The molecule has 0 radical (unpaired) electrons. The zero-order chi connectivity index (χ0) is 19.1. The number of esters is 1. The Kier molecular flexibility index (Phi) is 6.31. The molecular formula is C17H20N4O5. The topological polar surface area (TPSA) is 126 Å². The molecule has 0 fully saturated rings. The molecule has 9 heteroatoms. The maximum Gasteiger partial charge on any atom is 0.340 e. The van der Waals surface area contributed by atoms with Gasteiger partial charge in [0.1, 0.15) is 5.76 Å². The van der Waals surface area contributed by atoms with Crippen molar-refractivity contribution in [1.29, 1.82) is 0 Å². The van der Waals surface area contributed by atoms with Gasteiger partial charge in [0.25, 0.3) is 0 Å². The number of rotatable bonds is 6. The number of aromatic amines is 1. The average Bonchev–Trinajstić information content (AvgIpc) is 3.21. The third kappa shape index (κ3) is 4.59. The van der Waals surface area contributed by atoms with Crippen LogP contribution in [0.4, 0.5) is 0 Å². The van der Waals surface area contributed by atoms with Crippen molar-refractivity contribution < 1.29 is 23.5 Å². The van der Waals surface area contributed by atoms with Gasteiger partial charge >= 0.3 is 17.8 Å². The van der Waals surface area contributed by atoms with Gasteiger partial charge in [0.05, 0.1) is 36.9 Å². The number of nitrogens with one attached hydrogen (secondary N) is 3. The van der Waals surface area contributed by atoms with Gasteiger partial charge in [-0.1, -0.05) is 0 Å². The molecule has 2 aromatic heterocycles. The van der Waals surface area contributed by atoms with E-state index in [1.165, 1.54) is 12.5 Å². The fraction of sp³-hybridized carbons (Fsp3) is 0.294. The Balaban J connectivity index is 1.93. The minimum Gasteiger partial charge on any atom is -0.467 e. The van der Waals surface area contributed by atoms with Crippen molar-refractivity contribution in [2.75, 3.05) is 6.61 Å². The first-order chi connectivity index (χ1) is 12.4. The first-order valence-corrected chi connectivity index (χ1v) is 7.94. The van der Waals surface area contributed by atoms with E-state index in [4.69, 9.17) is 9.15 Å². The molecule has 2 heterocycles. The number of aryl methyl sites for hydroxylation is 1. The second kappa shape index (κ2) is 8.65. The summed E-state index contributed by atoms with van der Waals surface area (Å²) in [7, 11) is 0. The molecule has 3 N–H and O–H groups in total. The molecule has 0 bridgehead atoms. The molecule has 0 aliphatic heterocycles. The van der Waals surface area contributed by atoms with Crippen LogP contribution in [0.1, 0.15) is 40.0 Å². The van der Waals surface area contributed by atoms with E-state index in [1.54, 1.807) is 32.9 Å². The maximum atomic E-state index is 11.9. The van der Waals surface area contributed by atoms with Gasteiger partial charge in [-0.2, -0.15) is 5.10 Å². The molecular weight excluding hydrogens is 340 g/mol. The molecule has 0 aliphatic rings. The van der Waals surface area contributed by atoms with Gasteiger partial charge in [0.15, 0.2) is 0 Å². The number of carbonyl (C=O) groups excluding carboxylic acids is 3. The lowest BCUT2D eigenvalue weighted by molar-refractivity contribution is -0.139. The third-order valence-corrected chi connectivity index (χ3v) is 3.52. The number of H-pyrrole nitrogens is 1. The Hall–Kier alpha value is -3.36. The summed E-state index contributed by atoms with van der Waals surface area (Å²) in [6.07, 6.45) is 2.79. The molecule has 0 aromatic carbocycles. The van der Waals surface area contributed by atoms with Gasteiger partial charge < -0.3 is 19.5 Å². The van der Waals surface area contributed by atoms with Crippen LogP contribution >= 0.6 is 0 Å². The zero-order valence-corrected chi connectivity index (χ0v) is 14.7. The third-order valence-electron chi connectivity index (χ3n) is 3.52. The van der Waals surface area contributed by atoms with Crippen LogP contribution < -0.4 is 10.7 Å². The Morgan fingerprint density at radius 2 is 2.08 bits per heavy atom. The van der Waals surface area contributed by atoms with Crippen molar-refractivity contribution in [3.63, 3.8) is 0 Å². The van der Waals surface area contributed by atoms with Crippen LogP contribution in [-0.2, 0) is 20.9 Å². The summed E-state index contributed by atoms with van der Waals surface area (Å²) >= 11 is 0. The lowest BCUT2D eigenvalue weighted by Crippen LogP contribution is -2.37. The summed E-state index contributed by atoms with van der Waals surface area (Å²) < 4.78 is 10.0. The molecule has 138 valence electrons. The molecule has 2 aromatic rings. The van der Waals surface area contributed by atoms with Gasteiger partial charge in [-0.15, -0.1) is 0 Å². The summed E-state index contributed by atoms with van der Waals surface area (Å²) in [5.41, 5.74) is 4.35. The number of furan rings is 1. The van der Waals surface area contributed by atoms with Crippen molar-refractivity contribution in [2.45, 2.75) is 27.3 Å². The van der Waals surface area contributed by atoms with E-state index in [9.17, 15) is 14.4 Å². The molecule has 0 unspecified atom stereocenters. The van der Waals surface area contributed by atoms with Gasteiger partial charge in [-0.3, -0.25) is 9.59 Å². The highest BCUT2D eigenvalue weighted by Crippen LogP contribution is 2.17. The summed E-state index contributed by atoms with van der Waals surface area (Å²) in [5, 5.41) is 6.14. The van der Waals surface area contributed by atoms with E-state index in [1.807, 2.05) is 0 Å². The largest absolute Gasteiger partial charge is 0.467 e. The number of ether oxygens (including phenoxy) is 1. The highest BCUT2D eigenvalue weighted by Gasteiger charge is 2.18. The molecule has 0 saturated heterocycles. The van der Waals surface area contributed by atoms with Crippen molar-refractivity contribution in [1.82, 2.24) is 15.7 Å². The van der Waals surface area contributed by atoms with E-state index in [-0.39, 0.29) is 13.2 Å². The maximum absolute atomic E-state index is 11.9. The fourth-order valence-electron chi connectivity index (χ4n) is 2.28. The van der Waals surface area contributed by atoms with Crippen molar-refractivity contribution in [3.05, 3.63) is 46.7 Å². The molecule has 0 atom stereocenters. The van der Waals surface area contributed by atoms with Crippen LogP contribution in [0.5, 0.6) is 0 Å². The summed E-state index contributed by atoms with van der Waals surface area (Å²) in [6, 6.07) is 3.35. The second-order valence-electron chi connectivity index (χ2n) is 5.35. The standard InChI is InChI=1S/C17H20N4O5/c1-4-25-17(24)14-10(2)13(20-11(14)3)9-19-21-16(23)15(22)18-8-12-6-5-7-26-12/h5-7,9,20H,4,8H2,1-3H3,(H,18,22)(H,21,23)/b19-9+. The van der Waals surface area contributed by atoms with Crippen LogP contribution in [0.25, 0.3) is 0 Å². The lowest BCUT2D eigenvalue weighted by atomic mass is 10.1. The highest BCUT2D eigenvalue weighted by atomic mass is 16.5. The van der Waals surface area contributed by atoms with E-state index in [0.717, 1.165) is 0 Å².